The highest BCUT2D eigenvalue weighted by atomic mass is 35.5. The molecular weight excluding hydrogens is 848 g/mol. The van der Waals surface area contributed by atoms with Gasteiger partial charge in [-0.05, 0) is 102 Å². The summed E-state index contributed by atoms with van der Waals surface area (Å²) in [7, 11) is 15.1. The highest BCUT2D eigenvalue weighted by molar-refractivity contribution is 6.28. The van der Waals surface area contributed by atoms with E-state index in [1.807, 2.05) is 58.5 Å². The molecule has 2 aliphatic rings. The minimum absolute atomic E-state index is 0.00831. The van der Waals surface area contributed by atoms with E-state index in [9.17, 15) is 9.59 Å². The Hall–Kier alpha value is -6.11. The van der Waals surface area contributed by atoms with Crippen LogP contribution < -0.4 is 20.5 Å². The highest BCUT2D eigenvalue weighted by Crippen LogP contribution is 2.36. The van der Waals surface area contributed by atoms with Gasteiger partial charge in [0, 0.05) is 76.5 Å². The van der Waals surface area contributed by atoms with Gasteiger partial charge >= 0.3 is 0 Å². The average Bonchev–Trinajstić information content (AvgIpc) is 4.11. The lowest BCUT2D eigenvalue weighted by molar-refractivity contribution is 0.0808. The zero-order chi connectivity index (χ0) is 46.6. The van der Waals surface area contributed by atoms with E-state index in [2.05, 4.69) is 49.2 Å². The SMILES string of the molecule is CN(C)C(=O)c1cc2cnc(Cl)nc2n1C1CCCC1.CN(C)CCOc1ccc(N)nc1.CN(C)CCOc1ccc(Nc2ncc3cc(C(=O)N(C)C)n(C4CCCC4)c3n2)nc1. The third kappa shape index (κ3) is 13.0. The van der Waals surface area contributed by atoms with Crippen LogP contribution in [0.5, 0.6) is 11.5 Å². The summed E-state index contributed by atoms with van der Waals surface area (Å²) in [4.78, 5) is 58.4. The molecule has 8 rings (SSSR count). The number of ether oxygens (including phenoxy) is 2. The Bertz CT molecular complexity index is 2480. The number of hydrogen-bond acceptors (Lipinski definition) is 14. The van der Waals surface area contributed by atoms with Gasteiger partial charge in [-0.2, -0.15) is 9.97 Å². The molecule has 0 radical (unpaired) electrons. The molecular formula is C46H63ClN14O4. The number of fused-ring (bicyclic) bond motifs is 2. The monoisotopic (exact) mass is 910 g/mol. The maximum absolute atomic E-state index is 12.8. The van der Waals surface area contributed by atoms with Crippen molar-refractivity contribution in [3.05, 3.63) is 77.9 Å². The van der Waals surface area contributed by atoms with E-state index in [0.717, 1.165) is 72.3 Å². The molecule has 65 heavy (non-hydrogen) atoms. The first-order valence-corrected chi connectivity index (χ1v) is 22.4. The average molecular weight is 912 g/mol. The van der Waals surface area contributed by atoms with Crippen LogP contribution in [0.15, 0.2) is 61.2 Å². The predicted octanol–water partition coefficient (Wildman–Crippen LogP) is 6.83. The minimum Gasteiger partial charge on any atom is -0.491 e. The maximum Gasteiger partial charge on any atom is 0.270 e. The molecule has 2 fully saturated rings. The molecule has 0 unspecified atom stereocenters. The van der Waals surface area contributed by atoms with Gasteiger partial charge in [0.25, 0.3) is 11.8 Å². The van der Waals surface area contributed by atoms with E-state index in [0.29, 0.717) is 48.2 Å². The molecule has 6 aromatic rings. The molecule has 0 aliphatic heterocycles. The number of nitrogens with one attached hydrogen (secondary N) is 1. The highest BCUT2D eigenvalue weighted by Gasteiger charge is 2.28. The fraction of sp³-hybridized carbons (Fsp3) is 0.478. The Labute approximate surface area is 386 Å². The van der Waals surface area contributed by atoms with Crippen molar-refractivity contribution in [1.82, 2.24) is 58.6 Å². The number of pyridine rings is 2. The molecule has 3 N–H and O–H groups in total. The van der Waals surface area contributed by atoms with Crippen molar-refractivity contribution in [2.75, 3.05) is 93.7 Å². The number of amides is 2. The minimum atomic E-state index is -0.0177. The first-order valence-electron chi connectivity index (χ1n) is 22.0. The number of rotatable bonds is 14. The van der Waals surface area contributed by atoms with Crippen LogP contribution in [0.3, 0.4) is 0 Å². The number of nitrogen functional groups attached to an aromatic ring is 1. The molecule has 348 valence electrons. The van der Waals surface area contributed by atoms with E-state index in [-0.39, 0.29) is 23.1 Å². The summed E-state index contributed by atoms with van der Waals surface area (Å²) in [5.74, 6) is 3.05. The van der Waals surface area contributed by atoms with Crippen LogP contribution in [-0.4, -0.2) is 153 Å². The predicted molar refractivity (Wildman–Crippen MR) is 255 cm³/mol. The van der Waals surface area contributed by atoms with Gasteiger partial charge in [-0.15, -0.1) is 0 Å². The Morgan fingerprint density at radius 1 is 0.662 bits per heavy atom. The molecule has 0 spiro atoms. The van der Waals surface area contributed by atoms with Crippen LogP contribution >= 0.6 is 11.6 Å². The van der Waals surface area contributed by atoms with Gasteiger partial charge in [-0.1, -0.05) is 25.7 Å². The van der Waals surface area contributed by atoms with Crippen molar-refractivity contribution in [3.63, 3.8) is 0 Å². The quantitative estimate of drug-likeness (QED) is 0.108. The van der Waals surface area contributed by atoms with E-state index in [1.165, 1.54) is 25.7 Å². The van der Waals surface area contributed by atoms with Crippen molar-refractivity contribution >= 4 is 63.1 Å². The number of likely N-dealkylation sites (N-methyl/N-ethyl adjacent to an activating group) is 2. The van der Waals surface area contributed by atoms with E-state index in [1.54, 1.807) is 68.8 Å². The molecule has 6 heterocycles. The van der Waals surface area contributed by atoms with Crippen molar-refractivity contribution in [2.45, 2.75) is 63.5 Å². The molecule has 19 heteroatoms. The number of nitrogens with zero attached hydrogens (tertiary/aromatic N) is 12. The van der Waals surface area contributed by atoms with Crippen molar-refractivity contribution in [3.8, 4) is 11.5 Å². The normalized spacial score (nSPS) is 14.0. The lowest BCUT2D eigenvalue weighted by Gasteiger charge is -2.19. The maximum atomic E-state index is 12.8. The molecule has 0 bridgehead atoms. The Morgan fingerprint density at radius 3 is 1.58 bits per heavy atom. The molecule has 0 saturated heterocycles. The van der Waals surface area contributed by atoms with E-state index in [4.69, 9.17) is 31.8 Å². The second-order valence-corrected chi connectivity index (χ2v) is 17.5. The number of nitrogens with two attached hydrogens (primary N) is 1. The summed E-state index contributed by atoms with van der Waals surface area (Å²) < 4.78 is 15.3. The van der Waals surface area contributed by atoms with Crippen molar-refractivity contribution < 1.29 is 19.1 Å². The van der Waals surface area contributed by atoms with Crippen molar-refractivity contribution in [2.24, 2.45) is 0 Å². The van der Waals surface area contributed by atoms with Crippen LogP contribution in [0.2, 0.25) is 5.28 Å². The summed E-state index contributed by atoms with van der Waals surface area (Å²) in [6.45, 7) is 3.00. The topological polar surface area (TPSA) is 191 Å². The number of carbonyl (C=O) groups excluding carboxylic acids is 2. The van der Waals surface area contributed by atoms with Gasteiger partial charge in [-0.3, -0.25) is 9.59 Å². The summed E-state index contributed by atoms with van der Waals surface area (Å²) in [6.07, 6.45) is 15.8. The number of halogens is 1. The second kappa shape index (κ2) is 22.7. The summed E-state index contributed by atoms with van der Waals surface area (Å²) in [6, 6.07) is 11.6. The van der Waals surface area contributed by atoms with Crippen LogP contribution in [0.25, 0.3) is 22.1 Å². The lowest BCUT2D eigenvalue weighted by atomic mass is 10.2. The zero-order valence-corrected chi connectivity index (χ0v) is 39.6. The summed E-state index contributed by atoms with van der Waals surface area (Å²) in [5.41, 5.74) is 8.32. The third-order valence-corrected chi connectivity index (χ3v) is 11.3. The molecule has 0 atom stereocenters. The molecule has 0 aromatic carbocycles. The number of aromatic nitrogens is 8. The van der Waals surface area contributed by atoms with Crippen LogP contribution in [0.4, 0.5) is 17.6 Å². The standard InChI is InChI=1S/C23H31N7O2.C14H17ClN4O.C9H15N3O/c1-28(2)11-12-32-18-9-10-20(24-15-18)26-23-25-14-16-13-19(22(31)29(3)4)30(21(16)27-23)17-7-5-6-8-17;1-18(2)13(20)11-7-9-8-16-14(15)17-12(9)19(11)10-5-3-4-6-10;1-12(2)5-6-13-8-3-4-9(10)11-7-8/h9-10,13-15,17H,5-8,11-12H2,1-4H3,(H,24,25,26,27);7-8,10H,3-6H2,1-2H3;3-4,7H,5-6H2,1-2H3,(H2,10,11). The largest absolute Gasteiger partial charge is 0.491 e. The molecule has 18 nitrogen and oxygen atoms in total. The number of hydrogen-bond donors (Lipinski definition) is 2. The Balaban J connectivity index is 0.000000180. The van der Waals surface area contributed by atoms with Crippen LogP contribution in [0.1, 0.15) is 84.4 Å². The molecule has 6 aromatic heterocycles. The van der Waals surface area contributed by atoms with Gasteiger partial charge in [0.05, 0.1) is 12.4 Å². The lowest BCUT2D eigenvalue weighted by Crippen LogP contribution is -2.25. The Kier molecular flexibility index (Phi) is 16.9. The van der Waals surface area contributed by atoms with Crippen LogP contribution in [0, 0.1) is 0 Å². The first kappa shape index (κ1) is 48.3. The van der Waals surface area contributed by atoms with E-state index < -0.39 is 0 Å². The van der Waals surface area contributed by atoms with Gasteiger partial charge in [0.2, 0.25) is 11.2 Å². The third-order valence-electron chi connectivity index (χ3n) is 11.1. The second-order valence-electron chi connectivity index (χ2n) is 17.2. The van der Waals surface area contributed by atoms with Crippen LogP contribution in [-0.2, 0) is 0 Å². The van der Waals surface area contributed by atoms with Gasteiger partial charge in [0.1, 0.15) is 59.0 Å². The fourth-order valence-electron chi connectivity index (χ4n) is 7.73. The molecule has 2 saturated carbocycles. The van der Waals surface area contributed by atoms with Crippen molar-refractivity contribution in [1.29, 1.82) is 0 Å². The zero-order valence-electron chi connectivity index (χ0n) is 38.9. The molecule has 2 amide bonds. The summed E-state index contributed by atoms with van der Waals surface area (Å²) >= 11 is 5.92. The summed E-state index contributed by atoms with van der Waals surface area (Å²) in [5, 5.41) is 5.12. The fourth-order valence-corrected chi connectivity index (χ4v) is 7.86. The first-order chi connectivity index (χ1) is 31.2. The number of carbonyl (C=O) groups is 2. The van der Waals surface area contributed by atoms with Gasteiger partial charge in [0.15, 0.2) is 0 Å². The van der Waals surface area contributed by atoms with Gasteiger partial charge in [-0.25, -0.2) is 19.9 Å². The number of anilines is 3. The molecule has 2 aliphatic carbocycles. The van der Waals surface area contributed by atoms with E-state index >= 15 is 0 Å². The van der Waals surface area contributed by atoms with Gasteiger partial charge < -0.3 is 49.3 Å². The smallest absolute Gasteiger partial charge is 0.270 e. The Morgan fingerprint density at radius 2 is 1.14 bits per heavy atom.